The molecule has 2 N–H and O–H groups in total. The van der Waals surface area contributed by atoms with Gasteiger partial charge < -0.3 is 0 Å². The highest BCUT2D eigenvalue weighted by molar-refractivity contribution is 7.90. The van der Waals surface area contributed by atoms with Crippen molar-refractivity contribution in [3.05, 3.63) is 92.8 Å². The van der Waals surface area contributed by atoms with E-state index in [1.807, 2.05) is 0 Å². The summed E-state index contributed by atoms with van der Waals surface area (Å²) in [7, 11) is -2.43. The number of halogens is 3. The predicted molar refractivity (Wildman–Crippen MR) is 120 cm³/mol. The van der Waals surface area contributed by atoms with Crippen LogP contribution in [0.5, 0.6) is 0 Å². The maximum atomic E-state index is 13.6. The van der Waals surface area contributed by atoms with Crippen LogP contribution in [0.25, 0.3) is 10.9 Å². The Morgan fingerprint density at radius 1 is 1.16 bits per heavy atom. The van der Waals surface area contributed by atoms with E-state index in [4.69, 9.17) is 16.7 Å². The predicted octanol–water partition coefficient (Wildman–Crippen LogP) is 3.27. The Labute approximate surface area is 188 Å². The Bertz CT molecular complexity index is 1470. The van der Waals surface area contributed by atoms with Crippen LogP contribution in [-0.2, 0) is 29.0 Å². The average Bonchev–Trinajstić information content (AvgIpc) is 2.96. The molecule has 0 saturated carbocycles. The molecule has 32 heavy (non-hydrogen) atoms. The lowest BCUT2D eigenvalue weighted by Gasteiger charge is -2.36. The first kappa shape index (κ1) is 22.4. The van der Waals surface area contributed by atoms with Gasteiger partial charge in [0.25, 0.3) is 5.56 Å². The minimum atomic E-state index is -4.00. The summed E-state index contributed by atoms with van der Waals surface area (Å²) in [5.74, 6) is -1.92. The Morgan fingerprint density at radius 3 is 2.53 bits per heavy atom. The summed E-state index contributed by atoms with van der Waals surface area (Å²) in [6.07, 6.45) is 4.60. The molecule has 1 aliphatic rings. The zero-order valence-corrected chi connectivity index (χ0v) is 18.8. The molecule has 2 unspecified atom stereocenters. The van der Waals surface area contributed by atoms with Crippen LogP contribution >= 0.6 is 11.6 Å². The van der Waals surface area contributed by atoms with Gasteiger partial charge in [0.15, 0.2) is 11.6 Å². The Balaban J connectivity index is 1.86. The summed E-state index contributed by atoms with van der Waals surface area (Å²) in [5, 5.41) is 4.97. The van der Waals surface area contributed by atoms with E-state index < -0.39 is 32.3 Å². The van der Waals surface area contributed by atoms with E-state index in [2.05, 4.69) is 0 Å². The van der Waals surface area contributed by atoms with E-state index >= 15 is 0 Å². The SMILES string of the molecule is Cn1c(=O)c2cc(C3(C)C(Cl)=CC=CC3S(N)(=O)=O)ccc2n1Cc1ccc(F)c(F)c1. The van der Waals surface area contributed by atoms with E-state index in [1.165, 1.54) is 22.9 Å². The number of nitrogens with zero attached hydrogens (tertiary/aromatic N) is 2. The smallest absolute Gasteiger partial charge is 0.274 e. The van der Waals surface area contributed by atoms with Crippen molar-refractivity contribution in [1.82, 2.24) is 9.36 Å². The third kappa shape index (κ3) is 3.50. The number of nitrogens with two attached hydrogens (primary N) is 1. The van der Waals surface area contributed by atoms with Gasteiger partial charge in [-0.1, -0.05) is 35.9 Å². The molecule has 0 bridgehead atoms. The number of hydrogen-bond acceptors (Lipinski definition) is 3. The van der Waals surface area contributed by atoms with Crippen LogP contribution in [0.2, 0.25) is 0 Å². The molecule has 1 aliphatic carbocycles. The van der Waals surface area contributed by atoms with E-state index in [1.54, 1.807) is 42.9 Å². The second kappa shape index (κ2) is 7.68. The summed E-state index contributed by atoms with van der Waals surface area (Å²) in [6.45, 7) is 1.79. The van der Waals surface area contributed by atoms with E-state index in [0.29, 0.717) is 22.0 Å². The van der Waals surface area contributed by atoms with E-state index in [-0.39, 0.29) is 17.1 Å². The third-order valence-corrected chi connectivity index (χ3v) is 7.88. The van der Waals surface area contributed by atoms with Gasteiger partial charge in [0.1, 0.15) is 5.25 Å². The quantitative estimate of drug-likeness (QED) is 0.623. The lowest BCUT2D eigenvalue weighted by atomic mass is 9.76. The second-order valence-corrected chi connectivity index (χ2v) is 10.1. The average molecular weight is 480 g/mol. The number of benzene rings is 2. The van der Waals surface area contributed by atoms with Gasteiger partial charge in [-0.15, -0.1) is 0 Å². The molecular formula is C22H20ClF2N3O3S. The van der Waals surface area contributed by atoms with Crippen LogP contribution < -0.4 is 10.7 Å². The summed E-state index contributed by atoms with van der Waals surface area (Å²) in [5.41, 5.74) is 0.0212. The normalized spacial score (nSPS) is 21.2. The second-order valence-electron chi connectivity index (χ2n) is 7.98. The van der Waals surface area contributed by atoms with Crippen LogP contribution in [0.3, 0.4) is 0 Å². The molecule has 2 aromatic carbocycles. The van der Waals surface area contributed by atoms with Crippen molar-refractivity contribution in [2.45, 2.75) is 24.1 Å². The fourth-order valence-electron chi connectivity index (χ4n) is 4.19. The highest BCUT2D eigenvalue weighted by Crippen LogP contribution is 2.43. The van der Waals surface area contributed by atoms with Crippen LogP contribution in [0.15, 0.2) is 64.5 Å². The van der Waals surface area contributed by atoms with Crippen LogP contribution in [0, 0.1) is 11.6 Å². The third-order valence-electron chi connectivity index (χ3n) is 6.02. The molecule has 0 spiro atoms. The van der Waals surface area contributed by atoms with Gasteiger partial charge in [0, 0.05) is 17.5 Å². The number of allylic oxidation sites excluding steroid dienone is 3. The Morgan fingerprint density at radius 2 is 1.88 bits per heavy atom. The lowest BCUT2D eigenvalue weighted by molar-refractivity contribution is 0.502. The number of fused-ring (bicyclic) bond motifs is 1. The van der Waals surface area contributed by atoms with Crippen molar-refractivity contribution in [2.24, 2.45) is 12.2 Å². The Hall–Kier alpha value is -2.75. The molecule has 1 heterocycles. The van der Waals surface area contributed by atoms with Crippen molar-refractivity contribution in [1.29, 1.82) is 0 Å². The summed E-state index contributed by atoms with van der Waals surface area (Å²) in [6, 6.07) is 8.53. The molecule has 0 radical (unpaired) electrons. The zero-order chi connectivity index (χ0) is 23.4. The molecule has 0 fully saturated rings. The van der Waals surface area contributed by atoms with E-state index in [9.17, 15) is 22.0 Å². The van der Waals surface area contributed by atoms with Gasteiger partial charge in [0.2, 0.25) is 10.0 Å². The number of aromatic nitrogens is 2. The van der Waals surface area contributed by atoms with Gasteiger partial charge in [0.05, 0.1) is 17.4 Å². The molecule has 1 aromatic heterocycles. The van der Waals surface area contributed by atoms with Crippen molar-refractivity contribution in [2.75, 3.05) is 0 Å². The monoisotopic (exact) mass is 479 g/mol. The van der Waals surface area contributed by atoms with Gasteiger partial charge in [-0.3, -0.25) is 14.2 Å². The maximum Gasteiger partial charge on any atom is 0.274 e. The van der Waals surface area contributed by atoms with Gasteiger partial charge in [-0.05, 0) is 48.4 Å². The van der Waals surface area contributed by atoms with Gasteiger partial charge in [-0.25, -0.2) is 22.3 Å². The van der Waals surface area contributed by atoms with Crippen molar-refractivity contribution in [3.8, 4) is 0 Å². The van der Waals surface area contributed by atoms with Crippen molar-refractivity contribution in [3.63, 3.8) is 0 Å². The first-order valence-corrected chi connectivity index (χ1v) is 11.6. The molecule has 6 nitrogen and oxygen atoms in total. The van der Waals surface area contributed by atoms with Crippen LogP contribution in [-0.4, -0.2) is 23.0 Å². The van der Waals surface area contributed by atoms with Gasteiger partial charge >= 0.3 is 0 Å². The first-order valence-electron chi connectivity index (χ1n) is 9.64. The molecule has 10 heteroatoms. The molecule has 0 saturated heterocycles. The summed E-state index contributed by atoms with van der Waals surface area (Å²) >= 11 is 6.46. The minimum Gasteiger partial charge on any atom is -0.278 e. The minimum absolute atomic E-state index is 0.131. The largest absolute Gasteiger partial charge is 0.278 e. The fraction of sp³-hybridized carbons (Fsp3) is 0.227. The Kier molecular flexibility index (Phi) is 5.39. The zero-order valence-electron chi connectivity index (χ0n) is 17.2. The molecule has 0 aliphatic heterocycles. The fourth-order valence-corrected chi connectivity index (χ4v) is 5.78. The number of primary sulfonamides is 1. The standard InChI is InChI=1S/C22H20ClF2N3O3S/c1-22(19(23)4-3-5-20(22)32(26,30)31)14-7-9-18-15(11-14)21(29)27(2)28(18)12-13-6-8-16(24)17(25)10-13/h3-11,20H,12H2,1-2H3,(H2,26,30,31). The van der Waals surface area contributed by atoms with Crippen LogP contribution in [0.4, 0.5) is 8.78 Å². The highest BCUT2D eigenvalue weighted by Gasteiger charge is 2.45. The number of hydrogen-bond donors (Lipinski definition) is 1. The summed E-state index contributed by atoms with van der Waals surface area (Å²) < 4.78 is 54.5. The first-order chi connectivity index (χ1) is 14.9. The maximum absolute atomic E-state index is 13.6. The summed E-state index contributed by atoms with van der Waals surface area (Å²) in [4.78, 5) is 13.0. The highest BCUT2D eigenvalue weighted by atomic mass is 35.5. The topological polar surface area (TPSA) is 87.1 Å². The number of sulfonamides is 1. The van der Waals surface area contributed by atoms with Crippen molar-refractivity contribution < 1.29 is 17.2 Å². The van der Waals surface area contributed by atoms with Crippen LogP contribution in [0.1, 0.15) is 18.1 Å². The van der Waals surface area contributed by atoms with Gasteiger partial charge in [-0.2, -0.15) is 0 Å². The molecule has 0 amide bonds. The lowest BCUT2D eigenvalue weighted by Crippen LogP contribution is -2.45. The molecule has 2 atom stereocenters. The van der Waals surface area contributed by atoms with Crippen molar-refractivity contribution >= 4 is 32.5 Å². The molecular weight excluding hydrogens is 460 g/mol. The van der Waals surface area contributed by atoms with E-state index in [0.717, 1.165) is 12.1 Å². The molecule has 168 valence electrons. The molecule has 3 aromatic rings. The molecule has 4 rings (SSSR count). The number of rotatable bonds is 4.